The van der Waals surface area contributed by atoms with Gasteiger partial charge in [0.25, 0.3) is 5.78 Å². The lowest BCUT2D eigenvalue weighted by atomic mass is 10.0. The van der Waals surface area contributed by atoms with Crippen molar-refractivity contribution in [3.05, 3.63) is 59.7 Å². The Morgan fingerprint density at radius 3 is 2.22 bits per heavy atom. The van der Waals surface area contributed by atoms with Crippen LogP contribution < -0.4 is 9.47 Å². The standard InChI is InChI=1S/C19H16F3NO4/c1-26-13-9-7-12(8-10-13)17(24)14(18(25)19(20,21)22)11-23-15-5-3-4-6-16(15)27-2/h3-11,24H,1-2H3. The van der Waals surface area contributed by atoms with Crippen LogP contribution in [0.5, 0.6) is 11.5 Å². The van der Waals surface area contributed by atoms with Crippen molar-refractivity contribution in [1.29, 1.82) is 0 Å². The van der Waals surface area contributed by atoms with Crippen molar-refractivity contribution in [2.24, 2.45) is 4.99 Å². The number of hydrogen-bond acceptors (Lipinski definition) is 5. The van der Waals surface area contributed by atoms with Crippen LogP contribution in [0.2, 0.25) is 0 Å². The molecule has 5 nitrogen and oxygen atoms in total. The Kier molecular flexibility index (Phi) is 6.23. The fourth-order valence-electron chi connectivity index (χ4n) is 2.15. The van der Waals surface area contributed by atoms with Gasteiger partial charge in [-0.1, -0.05) is 12.1 Å². The SMILES string of the molecule is COc1ccc(C(O)=C(C=Nc2ccccc2OC)C(=O)C(F)(F)F)cc1. The van der Waals surface area contributed by atoms with E-state index in [0.717, 1.165) is 0 Å². The minimum absolute atomic E-state index is 0.00915. The predicted octanol–water partition coefficient (Wildman–Crippen LogP) is 4.51. The molecule has 0 saturated carbocycles. The van der Waals surface area contributed by atoms with Gasteiger partial charge in [-0.3, -0.25) is 9.79 Å². The lowest BCUT2D eigenvalue weighted by molar-refractivity contribution is -0.165. The van der Waals surface area contributed by atoms with E-state index in [2.05, 4.69) is 4.99 Å². The third kappa shape index (κ3) is 4.87. The third-order valence-corrected chi connectivity index (χ3v) is 3.54. The molecule has 1 N–H and O–H groups in total. The Morgan fingerprint density at radius 2 is 1.67 bits per heavy atom. The first-order valence-corrected chi connectivity index (χ1v) is 7.64. The summed E-state index contributed by atoms with van der Waals surface area (Å²) >= 11 is 0. The normalized spacial score (nSPS) is 12.6. The summed E-state index contributed by atoms with van der Waals surface area (Å²) in [6.07, 6.45) is -4.50. The van der Waals surface area contributed by atoms with Gasteiger partial charge in [-0.05, 0) is 36.4 Å². The van der Waals surface area contributed by atoms with Crippen molar-refractivity contribution in [1.82, 2.24) is 0 Å². The summed E-state index contributed by atoms with van der Waals surface area (Å²) in [5.41, 5.74) is -0.775. The van der Waals surface area contributed by atoms with Gasteiger partial charge in [-0.2, -0.15) is 13.2 Å². The molecule has 0 aromatic heterocycles. The van der Waals surface area contributed by atoms with Gasteiger partial charge in [0.15, 0.2) is 0 Å². The number of Topliss-reactive ketones (excluding diaryl/α,β-unsaturated/α-hetero) is 1. The minimum Gasteiger partial charge on any atom is -0.506 e. The van der Waals surface area contributed by atoms with E-state index in [0.29, 0.717) is 17.7 Å². The molecule has 0 aliphatic heterocycles. The molecule has 0 aliphatic rings. The predicted molar refractivity (Wildman–Crippen MR) is 94.8 cm³/mol. The summed E-state index contributed by atoms with van der Waals surface area (Å²) in [5, 5.41) is 10.3. The number of allylic oxidation sites excluding steroid dienone is 1. The number of aliphatic hydroxyl groups excluding tert-OH is 1. The van der Waals surface area contributed by atoms with E-state index in [4.69, 9.17) is 9.47 Å². The molecule has 0 fully saturated rings. The number of carbonyl (C=O) groups is 1. The van der Waals surface area contributed by atoms with Crippen molar-refractivity contribution >= 4 is 23.4 Å². The van der Waals surface area contributed by atoms with Crippen molar-refractivity contribution in [2.45, 2.75) is 6.18 Å². The second-order valence-corrected chi connectivity index (χ2v) is 5.25. The van der Waals surface area contributed by atoms with Gasteiger partial charge in [0.05, 0.1) is 19.8 Å². The Morgan fingerprint density at radius 1 is 1.04 bits per heavy atom. The number of alkyl halides is 3. The van der Waals surface area contributed by atoms with E-state index >= 15 is 0 Å². The maximum Gasteiger partial charge on any atom is 0.455 e. The lowest BCUT2D eigenvalue weighted by Crippen LogP contribution is -2.26. The fraction of sp³-hybridized carbons (Fsp3) is 0.158. The average Bonchev–Trinajstić information content (AvgIpc) is 2.67. The van der Waals surface area contributed by atoms with Crippen LogP contribution in [0.1, 0.15) is 5.56 Å². The largest absolute Gasteiger partial charge is 0.506 e. The number of ether oxygens (including phenoxy) is 2. The number of rotatable bonds is 6. The van der Waals surface area contributed by atoms with E-state index in [1.807, 2.05) is 0 Å². The number of ketones is 1. The molecule has 0 radical (unpaired) electrons. The van der Waals surface area contributed by atoms with Gasteiger partial charge in [-0.25, -0.2) is 0 Å². The van der Waals surface area contributed by atoms with Crippen LogP contribution in [0.25, 0.3) is 5.76 Å². The molecular formula is C19H16F3NO4. The van der Waals surface area contributed by atoms with Gasteiger partial charge >= 0.3 is 6.18 Å². The van der Waals surface area contributed by atoms with Crippen molar-refractivity contribution < 1.29 is 32.5 Å². The Hall–Kier alpha value is -3.29. The van der Waals surface area contributed by atoms with Gasteiger partial charge in [-0.15, -0.1) is 0 Å². The fourth-order valence-corrected chi connectivity index (χ4v) is 2.15. The molecule has 2 aromatic carbocycles. The maximum atomic E-state index is 13.0. The molecule has 0 spiro atoms. The molecule has 142 valence electrons. The van der Waals surface area contributed by atoms with E-state index in [1.165, 1.54) is 44.6 Å². The molecule has 0 saturated heterocycles. The first kappa shape index (κ1) is 20.0. The molecule has 8 heteroatoms. The first-order valence-electron chi connectivity index (χ1n) is 7.64. The van der Waals surface area contributed by atoms with Gasteiger partial charge in [0.2, 0.25) is 0 Å². The highest BCUT2D eigenvalue weighted by Crippen LogP contribution is 2.29. The Balaban J connectivity index is 2.53. The zero-order chi connectivity index (χ0) is 20.0. The smallest absolute Gasteiger partial charge is 0.455 e. The quantitative estimate of drug-likeness (QED) is 0.456. The summed E-state index contributed by atoms with van der Waals surface area (Å²) in [5.74, 6) is -2.32. The molecule has 0 atom stereocenters. The molecule has 0 amide bonds. The number of methoxy groups -OCH3 is 2. The molecule has 0 bridgehead atoms. The van der Waals surface area contributed by atoms with E-state index in [1.54, 1.807) is 18.2 Å². The van der Waals surface area contributed by atoms with E-state index in [9.17, 15) is 23.1 Å². The highest BCUT2D eigenvalue weighted by molar-refractivity contribution is 6.20. The second-order valence-electron chi connectivity index (χ2n) is 5.25. The number of halogens is 3. The number of para-hydroxylation sites is 2. The summed E-state index contributed by atoms with van der Waals surface area (Å²) in [7, 11) is 2.80. The highest BCUT2D eigenvalue weighted by Gasteiger charge is 2.41. The zero-order valence-electron chi connectivity index (χ0n) is 14.4. The monoisotopic (exact) mass is 379 g/mol. The summed E-state index contributed by atoms with van der Waals surface area (Å²) in [6, 6.07) is 11.9. The van der Waals surface area contributed by atoms with Gasteiger partial charge in [0, 0.05) is 11.8 Å². The Bertz CT molecular complexity index is 871. The maximum absolute atomic E-state index is 13.0. The Labute approximate surface area is 153 Å². The number of aliphatic hydroxyl groups is 1. The summed E-state index contributed by atoms with van der Waals surface area (Å²) in [4.78, 5) is 15.7. The molecule has 2 rings (SSSR count). The zero-order valence-corrected chi connectivity index (χ0v) is 14.4. The molecule has 0 unspecified atom stereocenters. The number of benzene rings is 2. The summed E-state index contributed by atoms with van der Waals surface area (Å²) in [6.45, 7) is 0. The van der Waals surface area contributed by atoms with Crippen LogP contribution >= 0.6 is 0 Å². The molecular weight excluding hydrogens is 363 g/mol. The average molecular weight is 379 g/mol. The minimum atomic E-state index is -5.18. The van der Waals surface area contributed by atoms with Crippen LogP contribution in [-0.2, 0) is 4.79 Å². The molecule has 0 aliphatic carbocycles. The van der Waals surface area contributed by atoms with Crippen molar-refractivity contribution in [3.8, 4) is 11.5 Å². The number of carbonyl (C=O) groups excluding carboxylic acids is 1. The number of aliphatic imine (C=N–C) groups is 1. The van der Waals surface area contributed by atoms with Gasteiger partial charge < -0.3 is 14.6 Å². The topological polar surface area (TPSA) is 68.1 Å². The van der Waals surface area contributed by atoms with Crippen molar-refractivity contribution in [3.63, 3.8) is 0 Å². The summed E-state index contributed by atoms with van der Waals surface area (Å²) < 4.78 is 48.9. The first-order chi connectivity index (χ1) is 12.8. The van der Waals surface area contributed by atoms with E-state index < -0.39 is 23.3 Å². The van der Waals surface area contributed by atoms with Crippen LogP contribution in [0.4, 0.5) is 18.9 Å². The molecule has 27 heavy (non-hydrogen) atoms. The van der Waals surface area contributed by atoms with Gasteiger partial charge in [0.1, 0.15) is 22.9 Å². The third-order valence-electron chi connectivity index (χ3n) is 3.54. The lowest BCUT2D eigenvalue weighted by Gasteiger charge is -2.10. The van der Waals surface area contributed by atoms with Crippen LogP contribution in [0, 0.1) is 0 Å². The van der Waals surface area contributed by atoms with Crippen LogP contribution in [-0.4, -0.2) is 37.5 Å². The second kappa shape index (κ2) is 8.39. The van der Waals surface area contributed by atoms with E-state index in [-0.39, 0.29) is 11.3 Å². The number of nitrogens with zero attached hydrogens (tertiary/aromatic N) is 1. The van der Waals surface area contributed by atoms with Crippen molar-refractivity contribution in [2.75, 3.05) is 14.2 Å². The molecule has 2 aromatic rings. The van der Waals surface area contributed by atoms with Crippen LogP contribution in [0.15, 0.2) is 59.1 Å². The molecule has 0 heterocycles. The van der Waals surface area contributed by atoms with Crippen LogP contribution in [0.3, 0.4) is 0 Å². The highest BCUT2D eigenvalue weighted by atomic mass is 19.4. The number of hydrogen-bond donors (Lipinski definition) is 1.